The van der Waals surface area contributed by atoms with E-state index >= 15 is 0 Å². The molecular formula is C25H34N2O6. The lowest BCUT2D eigenvalue weighted by atomic mass is 9.99. The largest absolute Gasteiger partial charge is 0.480 e. The number of aliphatic hydroxyl groups excluding tert-OH is 1. The van der Waals surface area contributed by atoms with E-state index in [9.17, 15) is 24.6 Å². The number of carbonyl (C=O) groups excluding carboxylic acids is 2. The van der Waals surface area contributed by atoms with Crippen LogP contribution in [0.5, 0.6) is 0 Å². The van der Waals surface area contributed by atoms with Gasteiger partial charge in [-0.3, -0.25) is 0 Å². The highest BCUT2D eigenvalue weighted by Gasteiger charge is 2.29. The number of fused-ring (bicyclic) bond motifs is 1. The maximum atomic E-state index is 13.0. The molecule has 0 heterocycles. The smallest absolute Gasteiger partial charge is 0.337 e. The first-order valence-electron chi connectivity index (χ1n) is 11.0. The average molecular weight is 459 g/mol. The summed E-state index contributed by atoms with van der Waals surface area (Å²) in [5.74, 6) is -1.98. The lowest BCUT2D eigenvalue weighted by Crippen LogP contribution is -2.52. The first-order chi connectivity index (χ1) is 15.4. The van der Waals surface area contributed by atoms with Gasteiger partial charge < -0.3 is 25.2 Å². The van der Waals surface area contributed by atoms with Gasteiger partial charge in [0.25, 0.3) is 0 Å². The molecule has 0 spiro atoms. The van der Waals surface area contributed by atoms with Gasteiger partial charge >= 0.3 is 18.0 Å². The molecular weight excluding hydrogens is 424 g/mol. The standard InChI is InChI=1S/C25H34N2O6/c1-16(2)14-27(15-21(28)23(31)33-25(3,4)5)24(32)26-20(22(29)30)13-18-11-8-10-17-9-6-7-12-19(17)18/h6-12,16,20-21,28H,13-15H2,1-5H3,(H,26,32)(H,29,30)/t20-,21-/m0/s1. The molecule has 3 N–H and O–H groups in total. The Morgan fingerprint density at radius 1 is 1.03 bits per heavy atom. The molecule has 2 aromatic carbocycles. The molecule has 0 unspecified atom stereocenters. The summed E-state index contributed by atoms with van der Waals surface area (Å²) in [6.07, 6.45) is -1.46. The van der Waals surface area contributed by atoms with Crippen molar-refractivity contribution in [3.63, 3.8) is 0 Å². The highest BCUT2D eigenvalue weighted by atomic mass is 16.6. The molecule has 0 bridgehead atoms. The molecule has 2 amide bonds. The SMILES string of the molecule is CC(C)CN(C[C@H](O)C(=O)OC(C)(C)C)C(=O)N[C@@H](Cc1cccc2ccccc12)C(=O)O. The second-order valence-corrected chi connectivity index (χ2v) is 9.53. The Morgan fingerprint density at radius 3 is 2.27 bits per heavy atom. The van der Waals surface area contributed by atoms with E-state index < -0.39 is 35.7 Å². The van der Waals surface area contributed by atoms with E-state index in [2.05, 4.69) is 5.32 Å². The van der Waals surface area contributed by atoms with Crippen LogP contribution >= 0.6 is 0 Å². The van der Waals surface area contributed by atoms with E-state index in [0.717, 1.165) is 16.3 Å². The molecule has 2 rings (SSSR count). The summed E-state index contributed by atoms with van der Waals surface area (Å²) in [5, 5.41) is 24.5. The Hall–Kier alpha value is -3.13. The zero-order chi connectivity index (χ0) is 24.8. The van der Waals surface area contributed by atoms with Gasteiger partial charge in [-0.2, -0.15) is 0 Å². The predicted octanol–water partition coefficient (Wildman–Crippen LogP) is 3.21. The van der Waals surface area contributed by atoms with Crippen LogP contribution < -0.4 is 5.32 Å². The van der Waals surface area contributed by atoms with Crippen LogP contribution in [0, 0.1) is 5.92 Å². The molecule has 0 aliphatic heterocycles. The minimum Gasteiger partial charge on any atom is -0.480 e. The zero-order valence-corrected chi connectivity index (χ0v) is 19.9. The Bertz CT molecular complexity index is 977. The number of esters is 1. The fourth-order valence-electron chi connectivity index (χ4n) is 3.47. The van der Waals surface area contributed by atoms with Crippen LogP contribution in [0.3, 0.4) is 0 Å². The van der Waals surface area contributed by atoms with E-state index in [-0.39, 0.29) is 25.4 Å². The summed E-state index contributed by atoms with van der Waals surface area (Å²) >= 11 is 0. The van der Waals surface area contributed by atoms with Crippen LogP contribution in [0.15, 0.2) is 42.5 Å². The number of nitrogens with zero attached hydrogens (tertiary/aromatic N) is 1. The van der Waals surface area contributed by atoms with E-state index in [1.54, 1.807) is 20.8 Å². The maximum Gasteiger partial charge on any atom is 0.337 e. The van der Waals surface area contributed by atoms with Crippen molar-refractivity contribution in [2.24, 2.45) is 5.92 Å². The second-order valence-electron chi connectivity index (χ2n) is 9.53. The van der Waals surface area contributed by atoms with E-state index in [0.29, 0.717) is 0 Å². The Labute approximate surface area is 194 Å². The number of amides is 2. The lowest BCUT2D eigenvalue weighted by Gasteiger charge is -2.29. The van der Waals surface area contributed by atoms with Crippen molar-refractivity contribution in [1.82, 2.24) is 10.2 Å². The van der Waals surface area contributed by atoms with Gasteiger partial charge in [-0.1, -0.05) is 56.3 Å². The van der Waals surface area contributed by atoms with Crippen molar-refractivity contribution in [1.29, 1.82) is 0 Å². The molecule has 0 fully saturated rings. The minimum absolute atomic E-state index is 0.0305. The first-order valence-corrected chi connectivity index (χ1v) is 11.0. The summed E-state index contributed by atoms with van der Waals surface area (Å²) in [6.45, 7) is 8.73. The monoisotopic (exact) mass is 458 g/mol. The number of hydrogen-bond acceptors (Lipinski definition) is 5. The van der Waals surface area contributed by atoms with Gasteiger partial charge in [0.15, 0.2) is 6.10 Å². The highest BCUT2D eigenvalue weighted by molar-refractivity contribution is 5.88. The minimum atomic E-state index is -1.55. The quantitative estimate of drug-likeness (QED) is 0.497. The van der Waals surface area contributed by atoms with Crippen LogP contribution in [0.4, 0.5) is 4.79 Å². The molecule has 8 nitrogen and oxygen atoms in total. The van der Waals surface area contributed by atoms with Crippen molar-refractivity contribution >= 4 is 28.7 Å². The van der Waals surface area contributed by atoms with Crippen LogP contribution in [0.1, 0.15) is 40.2 Å². The molecule has 180 valence electrons. The Kier molecular flexibility index (Phi) is 8.82. The maximum absolute atomic E-state index is 13.0. The number of aliphatic hydroxyl groups is 1. The van der Waals surface area contributed by atoms with Crippen molar-refractivity contribution in [3.05, 3.63) is 48.0 Å². The molecule has 33 heavy (non-hydrogen) atoms. The predicted molar refractivity (Wildman–Crippen MR) is 126 cm³/mol. The molecule has 0 radical (unpaired) electrons. The third-order valence-corrected chi connectivity index (χ3v) is 4.84. The van der Waals surface area contributed by atoms with Gasteiger partial charge in [0.05, 0.1) is 6.54 Å². The van der Waals surface area contributed by atoms with Crippen LogP contribution in [-0.4, -0.2) is 63.9 Å². The number of hydrogen-bond donors (Lipinski definition) is 3. The van der Waals surface area contributed by atoms with Gasteiger partial charge in [-0.15, -0.1) is 0 Å². The zero-order valence-electron chi connectivity index (χ0n) is 19.9. The van der Waals surface area contributed by atoms with E-state index in [1.165, 1.54) is 4.90 Å². The summed E-state index contributed by atoms with van der Waals surface area (Å²) in [5.41, 5.74) is 0.0146. The number of benzene rings is 2. The molecule has 0 saturated heterocycles. The highest BCUT2D eigenvalue weighted by Crippen LogP contribution is 2.20. The number of aliphatic carboxylic acids is 1. The summed E-state index contributed by atoms with van der Waals surface area (Å²) in [6, 6.07) is 11.4. The normalized spacial score (nSPS) is 13.4. The fraction of sp³-hybridized carbons (Fsp3) is 0.480. The van der Waals surface area contributed by atoms with Crippen LogP contribution in [0.2, 0.25) is 0 Å². The van der Waals surface area contributed by atoms with Crippen molar-refractivity contribution < 1.29 is 29.3 Å². The number of carboxylic acid groups (broad SMARTS) is 1. The molecule has 0 aliphatic rings. The summed E-state index contributed by atoms with van der Waals surface area (Å²) < 4.78 is 5.18. The molecule has 2 aromatic rings. The molecule has 0 aliphatic carbocycles. The third kappa shape index (κ3) is 8.05. The number of rotatable bonds is 9. The topological polar surface area (TPSA) is 116 Å². The van der Waals surface area contributed by atoms with Crippen molar-refractivity contribution in [2.75, 3.05) is 13.1 Å². The first kappa shape index (κ1) is 26.1. The molecule has 8 heteroatoms. The van der Waals surface area contributed by atoms with Crippen LogP contribution in [0.25, 0.3) is 10.8 Å². The molecule has 0 aromatic heterocycles. The van der Waals surface area contributed by atoms with Gasteiger partial charge in [-0.05, 0) is 43.0 Å². The number of urea groups is 1. The van der Waals surface area contributed by atoms with Gasteiger partial charge in [-0.25, -0.2) is 14.4 Å². The van der Waals surface area contributed by atoms with Crippen molar-refractivity contribution in [3.8, 4) is 0 Å². The average Bonchev–Trinajstić information content (AvgIpc) is 2.71. The molecule has 0 saturated carbocycles. The van der Waals surface area contributed by atoms with E-state index in [1.807, 2.05) is 56.3 Å². The number of carboxylic acids is 1. The van der Waals surface area contributed by atoms with Gasteiger partial charge in [0.1, 0.15) is 11.6 Å². The van der Waals surface area contributed by atoms with Crippen molar-refractivity contribution in [2.45, 2.75) is 58.8 Å². The Morgan fingerprint density at radius 2 is 1.67 bits per heavy atom. The lowest BCUT2D eigenvalue weighted by molar-refractivity contribution is -0.165. The number of ether oxygens (including phenoxy) is 1. The number of nitrogens with one attached hydrogen (secondary N) is 1. The third-order valence-electron chi connectivity index (χ3n) is 4.84. The fourth-order valence-corrected chi connectivity index (χ4v) is 3.47. The van der Waals surface area contributed by atoms with E-state index in [4.69, 9.17) is 4.74 Å². The summed E-state index contributed by atoms with van der Waals surface area (Å²) in [4.78, 5) is 38.4. The number of carbonyl (C=O) groups is 3. The summed E-state index contributed by atoms with van der Waals surface area (Å²) in [7, 11) is 0. The second kappa shape index (κ2) is 11.1. The van der Waals surface area contributed by atoms with Crippen LogP contribution in [-0.2, 0) is 20.7 Å². The van der Waals surface area contributed by atoms with Gasteiger partial charge in [0.2, 0.25) is 0 Å². The Balaban J connectivity index is 2.17. The van der Waals surface area contributed by atoms with Gasteiger partial charge in [0, 0.05) is 13.0 Å². The molecule has 2 atom stereocenters.